The van der Waals surface area contributed by atoms with E-state index < -0.39 is 5.56 Å². The molecule has 5 nitrogen and oxygen atoms in total. The quantitative estimate of drug-likeness (QED) is 0.893. The first-order valence-electron chi connectivity index (χ1n) is 7.90. The molecule has 24 heavy (non-hydrogen) atoms. The minimum absolute atomic E-state index is 0.116. The highest BCUT2D eigenvalue weighted by atomic mass is 35.5. The number of rotatable bonds is 4. The second-order valence-corrected chi connectivity index (χ2v) is 6.44. The molecule has 2 heterocycles. The fraction of sp³-hybridized carbons (Fsp3) is 0.333. The minimum atomic E-state index is -0.390. The van der Waals surface area contributed by atoms with Crippen LogP contribution in [0.2, 0.25) is 5.02 Å². The molecule has 0 saturated carbocycles. The van der Waals surface area contributed by atoms with E-state index in [2.05, 4.69) is 10.3 Å². The van der Waals surface area contributed by atoms with Gasteiger partial charge in [-0.2, -0.15) is 0 Å². The van der Waals surface area contributed by atoms with Gasteiger partial charge in [-0.05, 0) is 42.7 Å². The summed E-state index contributed by atoms with van der Waals surface area (Å²) < 4.78 is 5.49. The lowest BCUT2D eigenvalue weighted by atomic mass is 9.74. The number of nitrogens with one attached hydrogen (secondary N) is 2. The molecule has 1 aromatic heterocycles. The molecule has 2 N–H and O–H groups in total. The van der Waals surface area contributed by atoms with E-state index in [0.717, 1.165) is 18.4 Å². The Kier molecular flexibility index (Phi) is 5.02. The summed E-state index contributed by atoms with van der Waals surface area (Å²) in [6, 6.07) is 10.9. The molecule has 1 amide bonds. The Bertz CT molecular complexity index is 782. The molecule has 1 saturated heterocycles. The number of hydrogen-bond donors (Lipinski definition) is 2. The molecule has 1 aliphatic heterocycles. The number of H-pyrrole nitrogens is 1. The van der Waals surface area contributed by atoms with Gasteiger partial charge in [0.2, 0.25) is 0 Å². The number of carbonyl (C=O) groups is 1. The molecular weight excluding hydrogens is 328 g/mol. The van der Waals surface area contributed by atoms with Crippen molar-refractivity contribution in [2.45, 2.75) is 18.3 Å². The molecule has 0 radical (unpaired) electrons. The third-order valence-electron chi connectivity index (χ3n) is 4.54. The first-order valence-corrected chi connectivity index (χ1v) is 8.28. The smallest absolute Gasteiger partial charge is 0.260 e. The topological polar surface area (TPSA) is 71.2 Å². The Morgan fingerprint density at radius 2 is 2.04 bits per heavy atom. The number of amides is 1. The number of carbonyl (C=O) groups excluding carboxylic acids is 1. The maximum atomic E-state index is 12.4. The maximum absolute atomic E-state index is 12.4. The highest BCUT2D eigenvalue weighted by molar-refractivity contribution is 6.30. The molecule has 126 valence electrons. The van der Waals surface area contributed by atoms with E-state index in [1.54, 1.807) is 6.07 Å². The Morgan fingerprint density at radius 3 is 2.75 bits per heavy atom. The molecule has 6 heteroatoms. The van der Waals surface area contributed by atoms with E-state index in [1.165, 1.54) is 12.3 Å². The summed E-state index contributed by atoms with van der Waals surface area (Å²) in [7, 11) is 0. The highest BCUT2D eigenvalue weighted by Gasteiger charge is 2.35. The van der Waals surface area contributed by atoms with Crippen LogP contribution in [0.1, 0.15) is 28.8 Å². The summed E-state index contributed by atoms with van der Waals surface area (Å²) in [5.41, 5.74) is 0.575. The molecule has 1 aromatic carbocycles. The molecular formula is C18H19ClN2O3. The Morgan fingerprint density at radius 1 is 1.25 bits per heavy atom. The lowest BCUT2D eigenvalue weighted by Crippen LogP contribution is -2.45. The average Bonchev–Trinajstić information content (AvgIpc) is 2.61. The Balaban J connectivity index is 1.82. The van der Waals surface area contributed by atoms with E-state index in [-0.39, 0.29) is 16.9 Å². The zero-order valence-corrected chi connectivity index (χ0v) is 13.9. The zero-order valence-electron chi connectivity index (χ0n) is 13.2. The van der Waals surface area contributed by atoms with Crippen LogP contribution < -0.4 is 10.9 Å². The van der Waals surface area contributed by atoms with Gasteiger partial charge in [0.1, 0.15) is 5.56 Å². The number of halogens is 1. The lowest BCUT2D eigenvalue weighted by molar-refractivity contribution is 0.0487. The van der Waals surface area contributed by atoms with Gasteiger partial charge < -0.3 is 15.0 Å². The van der Waals surface area contributed by atoms with Crippen LogP contribution in [0.5, 0.6) is 0 Å². The van der Waals surface area contributed by atoms with Crippen molar-refractivity contribution in [3.8, 4) is 0 Å². The fourth-order valence-electron chi connectivity index (χ4n) is 3.09. The van der Waals surface area contributed by atoms with Crippen LogP contribution in [0.3, 0.4) is 0 Å². The van der Waals surface area contributed by atoms with Gasteiger partial charge in [0.25, 0.3) is 11.5 Å². The molecule has 0 bridgehead atoms. The monoisotopic (exact) mass is 346 g/mol. The minimum Gasteiger partial charge on any atom is -0.381 e. The van der Waals surface area contributed by atoms with E-state index in [9.17, 15) is 9.59 Å². The van der Waals surface area contributed by atoms with E-state index in [1.807, 2.05) is 24.3 Å². The van der Waals surface area contributed by atoms with Crippen LogP contribution in [0.4, 0.5) is 0 Å². The number of ether oxygens (including phenoxy) is 1. The van der Waals surface area contributed by atoms with Gasteiger partial charge in [0.15, 0.2) is 0 Å². The summed E-state index contributed by atoms with van der Waals surface area (Å²) in [6.07, 6.45) is 3.09. The molecule has 3 rings (SSSR count). The summed E-state index contributed by atoms with van der Waals surface area (Å²) in [5, 5.41) is 3.58. The van der Waals surface area contributed by atoms with Gasteiger partial charge in [-0.3, -0.25) is 9.59 Å². The SMILES string of the molecule is O=C(NCC1(c2cccc(Cl)c2)CCOCC1)c1ccc[nH]c1=O. The van der Waals surface area contributed by atoms with Crippen LogP contribution in [0.25, 0.3) is 0 Å². The van der Waals surface area contributed by atoms with Crippen LogP contribution in [-0.2, 0) is 10.2 Å². The summed E-state index contributed by atoms with van der Waals surface area (Å²) in [4.78, 5) is 26.6. The standard InChI is InChI=1S/C18H19ClN2O3/c19-14-4-1-3-13(11-14)18(6-9-24-10-7-18)12-21-17(23)15-5-2-8-20-16(15)22/h1-5,8,11H,6-7,9-10,12H2,(H,20,22)(H,21,23). The highest BCUT2D eigenvalue weighted by Crippen LogP contribution is 2.35. The van der Waals surface area contributed by atoms with Crippen molar-refractivity contribution in [3.63, 3.8) is 0 Å². The van der Waals surface area contributed by atoms with Crippen molar-refractivity contribution >= 4 is 17.5 Å². The normalized spacial score (nSPS) is 16.5. The Labute approximate surface area is 145 Å². The molecule has 1 fully saturated rings. The van der Waals surface area contributed by atoms with Crippen molar-refractivity contribution in [1.82, 2.24) is 10.3 Å². The summed E-state index contributed by atoms with van der Waals surface area (Å²) in [5.74, 6) is -0.371. The third kappa shape index (κ3) is 3.52. The van der Waals surface area contributed by atoms with Crippen LogP contribution >= 0.6 is 11.6 Å². The van der Waals surface area contributed by atoms with Crippen molar-refractivity contribution < 1.29 is 9.53 Å². The maximum Gasteiger partial charge on any atom is 0.260 e. The van der Waals surface area contributed by atoms with Crippen LogP contribution in [-0.4, -0.2) is 30.6 Å². The van der Waals surface area contributed by atoms with Crippen molar-refractivity contribution in [1.29, 1.82) is 0 Å². The number of aromatic amines is 1. The number of aromatic nitrogens is 1. The van der Waals surface area contributed by atoms with E-state index in [0.29, 0.717) is 24.8 Å². The zero-order chi connectivity index (χ0) is 17.0. The predicted molar refractivity (Wildman–Crippen MR) is 92.6 cm³/mol. The molecule has 0 unspecified atom stereocenters. The summed E-state index contributed by atoms with van der Waals surface area (Å²) in [6.45, 7) is 1.70. The van der Waals surface area contributed by atoms with Gasteiger partial charge in [-0.1, -0.05) is 23.7 Å². The van der Waals surface area contributed by atoms with Gasteiger partial charge in [-0.25, -0.2) is 0 Å². The third-order valence-corrected chi connectivity index (χ3v) is 4.77. The molecule has 0 atom stereocenters. The van der Waals surface area contributed by atoms with Gasteiger partial charge in [-0.15, -0.1) is 0 Å². The van der Waals surface area contributed by atoms with Crippen LogP contribution in [0.15, 0.2) is 47.4 Å². The van der Waals surface area contributed by atoms with Crippen LogP contribution in [0, 0.1) is 0 Å². The van der Waals surface area contributed by atoms with Crippen molar-refractivity contribution in [2.24, 2.45) is 0 Å². The lowest BCUT2D eigenvalue weighted by Gasteiger charge is -2.38. The molecule has 0 spiro atoms. The number of benzene rings is 1. The molecule has 1 aliphatic rings. The number of pyridine rings is 1. The van der Waals surface area contributed by atoms with Crippen molar-refractivity contribution in [3.05, 3.63) is 69.1 Å². The second-order valence-electron chi connectivity index (χ2n) is 6.00. The Hall–Kier alpha value is -2.11. The summed E-state index contributed by atoms with van der Waals surface area (Å²) >= 11 is 6.14. The fourth-order valence-corrected chi connectivity index (χ4v) is 3.28. The average molecular weight is 347 g/mol. The second kappa shape index (κ2) is 7.20. The van der Waals surface area contributed by atoms with E-state index >= 15 is 0 Å². The first kappa shape index (κ1) is 16.7. The predicted octanol–water partition coefficient (Wildman–Crippen LogP) is 2.51. The molecule has 0 aliphatic carbocycles. The van der Waals surface area contributed by atoms with E-state index in [4.69, 9.17) is 16.3 Å². The number of hydrogen-bond acceptors (Lipinski definition) is 3. The van der Waals surface area contributed by atoms with Gasteiger partial charge >= 0.3 is 0 Å². The largest absolute Gasteiger partial charge is 0.381 e. The van der Waals surface area contributed by atoms with Crippen molar-refractivity contribution in [2.75, 3.05) is 19.8 Å². The molecule has 2 aromatic rings. The first-order chi connectivity index (χ1) is 11.6. The van der Waals surface area contributed by atoms with Gasteiger partial charge in [0, 0.05) is 36.4 Å². The van der Waals surface area contributed by atoms with Gasteiger partial charge in [0.05, 0.1) is 0 Å².